The fraction of sp³-hybridized carbons (Fsp3) is 0.100. The number of carbonyl (C=O) groups excluding carboxylic acids is 1. The topological polar surface area (TPSA) is 17.1 Å². The third-order valence-electron chi connectivity index (χ3n) is 1.48. The maximum absolute atomic E-state index is 13.2. The molecule has 13 heavy (non-hydrogen) atoms. The zero-order valence-corrected chi connectivity index (χ0v) is 7.81. The van der Waals surface area contributed by atoms with Crippen molar-refractivity contribution in [3.63, 3.8) is 0 Å². The van der Waals surface area contributed by atoms with Gasteiger partial charge >= 0.3 is 0 Å². The fourth-order valence-electron chi connectivity index (χ4n) is 0.856. The molecule has 1 rings (SSSR count). The van der Waals surface area contributed by atoms with Crippen LogP contribution in [0.4, 0.5) is 4.39 Å². The van der Waals surface area contributed by atoms with Crippen LogP contribution in [0.25, 0.3) is 6.08 Å². The molecule has 68 valence electrons. The molecule has 0 saturated heterocycles. The molecule has 0 aliphatic carbocycles. The van der Waals surface area contributed by atoms with E-state index >= 15 is 0 Å². The Kier molecular flexibility index (Phi) is 3.20. The summed E-state index contributed by atoms with van der Waals surface area (Å²) in [6.45, 7) is 1.40. The molecule has 0 saturated carbocycles. The van der Waals surface area contributed by atoms with Crippen molar-refractivity contribution in [3.8, 4) is 0 Å². The summed E-state index contributed by atoms with van der Waals surface area (Å²) in [7, 11) is 0. The minimum absolute atomic E-state index is 0.0608. The molecule has 0 atom stereocenters. The Morgan fingerprint density at radius 3 is 2.85 bits per heavy atom. The summed E-state index contributed by atoms with van der Waals surface area (Å²) in [5, 5.41) is 0.0608. The molecule has 0 amide bonds. The molecule has 3 heteroatoms. The van der Waals surface area contributed by atoms with Gasteiger partial charge in [-0.15, -0.1) is 0 Å². The van der Waals surface area contributed by atoms with E-state index < -0.39 is 5.82 Å². The van der Waals surface area contributed by atoms with Gasteiger partial charge < -0.3 is 0 Å². The van der Waals surface area contributed by atoms with Crippen LogP contribution in [0.5, 0.6) is 0 Å². The van der Waals surface area contributed by atoms with Gasteiger partial charge in [0.1, 0.15) is 5.82 Å². The van der Waals surface area contributed by atoms with E-state index in [0.717, 1.165) is 0 Å². The number of ketones is 1. The van der Waals surface area contributed by atoms with Gasteiger partial charge in [0.25, 0.3) is 0 Å². The standard InChI is InChI=1S/C10H8ClFO/c1-7(13)5-6-8-3-2-4-9(11)10(8)12/h2-6H,1H3. The van der Waals surface area contributed by atoms with Gasteiger partial charge in [-0.25, -0.2) is 4.39 Å². The van der Waals surface area contributed by atoms with Crippen molar-refractivity contribution in [3.05, 3.63) is 40.7 Å². The lowest BCUT2D eigenvalue weighted by Crippen LogP contribution is -1.85. The number of hydrogen-bond acceptors (Lipinski definition) is 1. The lowest BCUT2D eigenvalue weighted by atomic mass is 10.2. The summed E-state index contributed by atoms with van der Waals surface area (Å²) in [6.07, 6.45) is 2.71. The summed E-state index contributed by atoms with van der Waals surface area (Å²) in [5.74, 6) is -0.624. The first-order valence-electron chi connectivity index (χ1n) is 3.74. The van der Waals surface area contributed by atoms with Gasteiger partial charge in [-0.2, -0.15) is 0 Å². The average Bonchev–Trinajstić information content (AvgIpc) is 2.07. The summed E-state index contributed by atoms with van der Waals surface area (Å²) < 4.78 is 13.2. The Bertz CT molecular complexity index is 358. The largest absolute Gasteiger partial charge is 0.295 e. The highest BCUT2D eigenvalue weighted by Crippen LogP contribution is 2.18. The number of halogens is 2. The van der Waals surface area contributed by atoms with Crippen LogP contribution >= 0.6 is 11.6 Å². The van der Waals surface area contributed by atoms with Gasteiger partial charge in [0.15, 0.2) is 5.78 Å². The van der Waals surface area contributed by atoms with Crippen molar-refractivity contribution in [2.75, 3.05) is 0 Å². The van der Waals surface area contributed by atoms with Crippen LogP contribution in [0, 0.1) is 5.82 Å². The molecule has 0 aliphatic rings. The van der Waals surface area contributed by atoms with Crippen LogP contribution in [-0.4, -0.2) is 5.78 Å². The number of allylic oxidation sites excluding steroid dienone is 1. The smallest absolute Gasteiger partial charge is 0.152 e. The van der Waals surface area contributed by atoms with E-state index in [1.54, 1.807) is 12.1 Å². The monoisotopic (exact) mass is 198 g/mol. The molecule has 0 bridgehead atoms. The minimum atomic E-state index is -0.498. The Morgan fingerprint density at radius 2 is 2.23 bits per heavy atom. The zero-order chi connectivity index (χ0) is 9.84. The van der Waals surface area contributed by atoms with E-state index in [4.69, 9.17) is 11.6 Å². The van der Waals surface area contributed by atoms with Gasteiger partial charge in [0.2, 0.25) is 0 Å². The zero-order valence-electron chi connectivity index (χ0n) is 7.05. The van der Waals surface area contributed by atoms with Gasteiger partial charge in [0.05, 0.1) is 5.02 Å². The van der Waals surface area contributed by atoms with E-state index in [2.05, 4.69) is 0 Å². The second-order valence-corrected chi connectivity index (χ2v) is 2.99. The SMILES string of the molecule is CC(=O)C=Cc1cccc(Cl)c1F. The van der Waals surface area contributed by atoms with Gasteiger partial charge in [-0.3, -0.25) is 4.79 Å². The lowest BCUT2D eigenvalue weighted by Gasteiger charge is -1.97. The Labute approximate surface area is 80.8 Å². The maximum Gasteiger partial charge on any atom is 0.152 e. The maximum atomic E-state index is 13.2. The van der Waals surface area contributed by atoms with Crippen molar-refractivity contribution < 1.29 is 9.18 Å². The minimum Gasteiger partial charge on any atom is -0.295 e. The molecule has 0 aliphatic heterocycles. The molecule has 0 heterocycles. The first-order valence-corrected chi connectivity index (χ1v) is 4.11. The van der Waals surface area contributed by atoms with Crippen LogP contribution in [0.15, 0.2) is 24.3 Å². The van der Waals surface area contributed by atoms with Crippen LogP contribution in [0.2, 0.25) is 5.02 Å². The lowest BCUT2D eigenvalue weighted by molar-refractivity contribution is -0.112. The quantitative estimate of drug-likeness (QED) is 0.668. The first kappa shape index (κ1) is 9.93. The van der Waals surface area contributed by atoms with E-state index in [1.807, 2.05) is 0 Å². The summed E-state index contributed by atoms with van der Waals surface area (Å²) in [6, 6.07) is 4.65. The molecular weight excluding hydrogens is 191 g/mol. The molecule has 0 N–H and O–H groups in total. The molecular formula is C10H8ClFO. The molecule has 0 spiro atoms. The van der Waals surface area contributed by atoms with Crippen LogP contribution in [0.1, 0.15) is 12.5 Å². The third kappa shape index (κ3) is 2.67. The summed E-state index contributed by atoms with van der Waals surface area (Å²) in [4.78, 5) is 10.6. The average molecular weight is 199 g/mol. The van der Waals surface area contributed by atoms with Crippen molar-refractivity contribution in [2.45, 2.75) is 6.92 Å². The van der Waals surface area contributed by atoms with Crippen molar-refractivity contribution >= 4 is 23.5 Å². The summed E-state index contributed by atoms with van der Waals surface area (Å²) >= 11 is 5.54. The number of benzene rings is 1. The van der Waals surface area contributed by atoms with Gasteiger partial charge in [-0.05, 0) is 25.1 Å². The van der Waals surface area contributed by atoms with E-state index in [1.165, 1.54) is 25.1 Å². The van der Waals surface area contributed by atoms with Gasteiger partial charge in [0, 0.05) is 5.56 Å². The molecule has 0 aromatic heterocycles. The Balaban J connectivity index is 3.02. The molecule has 0 radical (unpaired) electrons. The predicted molar refractivity (Wildman–Crippen MR) is 51.1 cm³/mol. The molecule has 0 fully saturated rings. The van der Waals surface area contributed by atoms with Crippen LogP contribution < -0.4 is 0 Å². The van der Waals surface area contributed by atoms with Crippen molar-refractivity contribution in [1.29, 1.82) is 0 Å². The highest BCUT2D eigenvalue weighted by Gasteiger charge is 2.02. The van der Waals surface area contributed by atoms with E-state index in [-0.39, 0.29) is 10.8 Å². The fourth-order valence-corrected chi connectivity index (χ4v) is 1.04. The second kappa shape index (κ2) is 4.19. The Hall–Kier alpha value is -1.15. The predicted octanol–water partition coefficient (Wildman–Crippen LogP) is 3.08. The van der Waals surface area contributed by atoms with Crippen molar-refractivity contribution in [2.24, 2.45) is 0 Å². The van der Waals surface area contributed by atoms with E-state index in [0.29, 0.717) is 5.56 Å². The van der Waals surface area contributed by atoms with Gasteiger partial charge in [-0.1, -0.05) is 23.7 Å². The number of rotatable bonds is 2. The van der Waals surface area contributed by atoms with Crippen LogP contribution in [-0.2, 0) is 4.79 Å². The molecule has 1 aromatic carbocycles. The molecule has 0 unspecified atom stereocenters. The third-order valence-corrected chi connectivity index (χ3v) is 1.77. The van der Waals surface area contributed by atoms with Crippen molar-refractivity contribution in [1.82, 2.24) is 0 Å². The van der Waals surface area contributed by atoms with Crippen LogP contribution in [0.3, 0.4) is 0 Å². The molecule has 1 nitrogen and oxygen atoms in total. The summed E-state index contributed by atoms with van der Waals surface area (Å²) in [5.41, 5.74) is 0.322. The second-order valence-electron chi connectivity index (χ2n) is 2.59. The normalized spacial score (nSPS) is 10.7. The number of hydrogen-bond donors (Lipinski definition) is 0. The molecule has 1 aromatic rings. The highest BCUT2D eigenvalue weighted by atomic mass is 35.5. The highest BCUT2D eigenvalue weighted by molar-refractivity contribution is 6.30. The Morgan fingerprint density at radius 1 is 1.54 bits per heavy atom. The van der Waals surface area contributed by atoms with E-state index in [9.17, 15) is 9.18 Å². The first-order chi connectivity index (χ1) is 6.11. The number of carbonyl (C=O) groups is 1.